The minimum atomic E-state index is -0.208. The third-order valence-corrected chi connectivity index (χ3v) is 5.03. The van der Waals surface area contributed by atoms with Gasteiger partial charge in [-0.05, 0) is 30.7 Å². The second-order valence-corrected chi connectivity index (χ2v) is 6.96. The number of carbonyl (C=O) groups is 1. The lowest BCUT2D eigenvalue weighted by molar-refractivity contribution is 0.0658. The first kappa shape index (κ1) is 20.7. The molecule has 0 aliphatic carbocycles. The van der Waals surface area contributed by atoms with Gasteiger partial charge in [-0.2, -0.15) is 0 Å². The van der Waals surface area contributed by atoms with Crippen LogP contribution in [0.5, 0.6) is 0 Å². The maximum Gasteiger partial charge on any atom is 0.289 e. The molecule has 0 spiro atoms. The summed E-state index contributed by atoms with van der Waals surface area (Å²) in [4.78, 5) is 22.6. The topological polar surface area (TPSA) is 64.3 Å². The number of amides is 1. The van der Waals surface area contributed by atoms with Crippen molar-refractivity contribution in [1.82, 2.24) is 15.1 Å². The quantitative estimate of drug-likeness (QED) is 0.457. The Bertz CT molecular complexity index is 816. The summed E-state index contributed by atoms with van der Waals surface area (Å²) >= 11 is 0. The smallest absolute Gasteiger partial charge is 0.289 e. The zero-order valence-electron chi connectivity index (χ0n) is 17.0. The van der Waals surface area contributed by atoms with Crippen molar-refractivity contribution in [2.24, 2.45) is 4.99 Å². The maximum atomic E-state index is 13.8. The Labute approximate surface area is 170 Å². The van der Waals surface area contributed by atoms with Crippen molar-refractivity contribution in [2.45, 2.75) is 6.42 Å². The molecule has 0 unspecified atom stereocenters. The first-order valence-electron chi connectivity index (χ1n) is 9.84. The third kappa shape index (κ3) is 5.28. The molecule has 0 bridgehead atoms. The highest BCUT2D eigenvalue weighted by molar-refractivity contribution is 5.91. The van der Waals surface area contributed by atoms with Gasteiger partial charge in [-0.1, -0.05) is 12.1 Å². The van der Waals surface area contributed by atoms with Crippen molar-refractivity contribution in [2.75, 3.05) is 58.3 Å². The molecule has 0 atom stereocenters. The minimum absolute atomic E-state index is 0.0752. The number of halogens is 1. The molecule has 1 aliphatic rings. The van der Waals surface area contributed by atoms with Crippen LogP contribution < -0.4 is 10.2 Å². The lowest BCUT2D eigenvalue weighted by atomic mass is 10.2. The third-order valence-electron chi connectivity index (χ3n) is 5.03. The standard InChI is InChI=1S/C21H28FN5O2/c1-23-21(24-10-6-11-25(2)18-8-4-3-7-17(18)22)27-14-12-26(13-15-27)20(28)19-9-5-16-29-19/h3-5,7-9,16H,6,10-15H2,1-2H3,(H,23,24). The molecule has 1 saturated heterocycles. The summed E-state index contributed by atoms with van der Waals surface area (Å²) < 4.78 is 19.0. The molecule has 0 radical (unpaired) electrons. The number of benzene rings is 1. The lowest BCUT2D eigenvalue weighted by Gasteiger charge is -2.36. The molecule has 1 amide bonds. The molecule has 1 N–H and O–H groups in total. The maximum absolute atomic E-state index is 13.8. The van der Waals surface area contributed by atoms with Crippen LogP contribution in [0.4, 0.5) is 10.1 Å². The monoisotopic (exact) mass is 401 g/mol. The van der Waals surface area contributed by atoms with Crippen LogP contribution in [-0.2, 0) is 0 Å². The number of carbonyl (C=O) groups excluding carboxylic acids is 1. The van der Waals surface area contributed by atoms with Gasteiger partial charge < -0.3 is 24.4 Å². The second-order valence-electron chi connectivity index (χ2n) is 6.96. The fraction of sp³-hybridized carbons (Fsp3) is 0.429. The highest BCUT2D eigenvalue weighted by Crippen LogP contribution is 2.17. The highest BCUT2D eigenvalue weighted by atomic mass is 19.1. The SMILES string of the molecule is CN=C(NCCCN(C)c1ccccc1F)N1CCN(C(=O)c2ccco2)CC1. The molecule has 156 valence electrons. The zero-order chi connectivity index (χ0) is 20.6. The van der Waals surface area contributed by atoms with E-state index in [9.17, 15) is 9.18 Å². The number of anilines is 1. The van der Waals surface area contributed by atoms with Crippen molar-refractivity contribution in [3.8, 4) is 0 Å². The summed E-state index contributed by atoms with van der Waals surface area (Å²) in [6.07, 6.45) is 2.36. The summed E-state index contributed by atoms with van der Waals surface area (Å²) in [7, 11) is 3.65. The van der Waals surface area contributed by atoms with Crippen molar-refractivity contribution >= 4 is 17.6 Å². The van der Waals surface area contributed by atoms with Crippen molar-refractivity contribution in [1.29, 1.82) is 0 Å². The fourth-order valence-electron chi connectivity index (χ4n) is 3.41. The van der Waals surface area contributed by atoms with Crippen molar-refractivity contribution in [3.63, 3.8) is 0 Å². The van der Waals surface area contributed by atoms with Crippen molar-refractivity contribution < 1.29 is 13.6 Å². The van der Waals surface area contributed by atoms with E-state index in [0.717, 1.165) is 25.5 Å². The normalized spacial score (nSPS) is 14.8. The number of rotatable bonds is 6. The van der Waals surface area contributed by atoms with E-state index in [-0.39, 0.29) is 11.7 Å². The van der Waals surface area contributed by atoms with Crippen molar-refractivity contribution in [3.05, 3.63) is 54.2 Å². The van der Waals surface area contributed by atoms with Gasteiger partial charge >= 0.3 is 0 Å². The Hall–Kier alpha value is -3.03. The van der Waals surface area contributed by atoms with E-state index in [4.69, 9.17) is 4.42 Å². The first-order valence-corrected chi connectivity index (χ1v) is 9.84. The van der Waals surface area contributed by atoms with E-state index in [2.05, 4.69) is 15.2 Å². The number of guanidine groups is 1. The largest absolute Gasteiger partial charge is 0.459 e. The van der Waals surface area contributed by atoms with E-state index in [1.807, 2.05) is 18.0 Å². The van der Waals surface area contributed by atoms with Crippen LogP contribution >= 0.6 is 0 Å². The number of hydrogen-bond donors (Lipinski definition) is 1. The molecule has 2 heterocycles. The van der Waals surface area contributed by atoms with Crippen LogP contribution in [0.25, 0.3) is 0 Å². The van der Waals surface area contributed by atoms with Gasteiger partial charge in [0.15, 0.2) is 11.7 Å². The van der Waals surface area contributed by atoms with Crippen LogP contribution in [0.3, 0.4) is 0 Å². The molecule has 8 heteroatoms. The van der Waals surface area contributed by atoms with E-state index in [1.165, 1.54) is 12.3 Å². The van der Waals surface area contributed by atoms with E-state index in [0.29, 0.717) is 37.6 Å². The summed E-state index contributed by atoms with van der Waals surface area (Å²) in [6, 6.07) is 10.2. The molecule has 29 heavy (non-hydrogen) atoms. The van der Waals surface area contributed by atoms with Gasteiger partial charge in [0.2, 0.25) is 0 Å². The van der Waals surface area contributed by atoms with Crippen LogP contribution in [0.15, 0.2) is 52.1 Å². The van der Waals surface area contributed by atoms with Gasteiger partial charge in [0, 0.05) is 53.4 Å². The Morgan fingerprint density at radius 2 is 1.90 bits per heavy atom. The van der Waals surface area contributed by atoms with Gasteiger partial charge in [-0.15, -0.1) is 0 Å². The number of furan rings is 1. The fourth-order valence-corrected chi connectivity index (χ4v) is 3.41. The van der Waals surface area contributed by atoms with E-state index < -0.39 is 0 Å². The van der Waals surface area contributed by atoms with Crippen LogP contribution in [-0.4, -0.2) is 75.0 Å². The van der Waals surface area contributed by atoms with Crippen LogP contribution in [0.1, 0.15) is 17.0 Å². The first-order chi connectivity index (χ1) is 14.1. The van der Waals surface area contributed by atoms with Gasteiger partial charge in [0.1, 0.15) is 5.82 Å². The van der Waals surface area contributed by atoms with Gasteiger partial charge in [-0.3, -0.25) is 9.79 Å². The summed E-state index contributed by atoms with van der Waals surface area (Å²) in [6.45, 7) is 4.13. The number of hydrogen-bond acceptors (Lipinski definition) is 4. The molecule has 1 aromatic heterocycles. The van der Waals surface area contributed by atoms with E-state index in [1.54, 1.807) is 36.2 Å². The summed E-state index contributed by atoms with van der Waals surface area (Å²) in [5.41, 5.74) is 0.606. The molecule has 1 aliphatic heterocycles. The predicted octanol–water partition coefficient (Wildman–Crippen LogP) is 2.28. The Morgan fingerprint density at radius 3 is 2.55 bits per heavy atom. The Kier molecular flexibility index (Phi) is 7.10. The van der Waals surface area contributed by atoms with Crippen LogP contribution in [0, 0.1) is 5.82 Å². The Morgan fingerprint density at radius 1 is 1.17 bits per heavy atom. The number of para-hydroxylation sites is 1. The Balaban J connectivity index is 1.41. The molecule has 0 saturated carbocycles. The molecular weight excluding hydrogens is 373 g/mol. The summed E-state index contributed by atoms with van der Waals surface area (Å²) in [5.74, 6) is 0.915. The van der Waals surface area contributed by atoms with Gasteiger partial charge in [-0.25, -0.2) is 4.39 Å². The van der Waals surface area contributed by atoms with Crippen LogP contribution in [0.2, 0.25) is 0 Å². The summed E-state index contributed by atoms with van der Waals surface area (Å²) in [5, 5.41) is 3.37. The van der Waals surface area contributed by atoms with Gasteiger partial charge in [0.25, 0.3) is 5.91 Å². The number of aliphatic imine (C=N–C) groups is 1. The molecule has 2 aromatic rings. The molecular formula is C21H28FN5O2. The number of nitrogens with zero attached hydrogens (tertiary/aromatic N) is 4. The minimum Gasteiger partial charge on any atom is -0.459 e. The molecule has 1 fully saturated rings. The average Bonchev–Trinajstić information content (AvgIpc) is 3.28. The molecule has 7 nitrogen and oxygen atoms in total. The second kappa shape index (κ2) is 9.95. The highest BCUT2D eigenvalue weighted by Gasteiger charge is 2.25. The predicted molar refractivity (Wildman–Crippen MR) is 112 cm³/mol. The molecule has 1 aromatic carbocycles. The van der Waals surface area contributed by atoms with E-state index >= 15 is 0 Å². The molecule has 3 rings (SSSR count). The van der Waals surface area contributed by atoms with Gasteiger partial charge in [0.05, 0.1) is 12.0 Å². The lowest BCUT2D eigenvalue weighted by Crippen LogP contribution is -2.53. The zero-order valence-corrected chi connectivity index (χ0v) is 17.0. The number of nitrogens with one attached hydrogen (secondary N) is 1. The average molecular weight is 401 g/mol. The number of piperazine rings is 1.